The average Bonchev–Trinajstić information content (AvgIpc) is 2.31. The molecule has 1 saturated heterocycles. The zero-order chi connectivity index (χ0) is 8.43. The molecule has 11 heavy (non-hydrogen) atoms. The van der Waals surface area contributed by atoms with Gasteiger partial charge >= 0.3 is 6.09 Å². The largest absolute Gasteiger partial charge is 0.465 e. The second kappa shape index (κ2) is 3.06. The summed E-state index contributed by atoms with van der Waals surface area (Å²) >= 11 is 0. The van der Waals surface area contributed by atoms with Crippen LogP contribution in [-0.2, 0) is 0 Å². The number of carbonyl (C=O) groups is 1. The molecule has 1 amide bonds. The van der Waals surface area contributed by atoms with Crippen molar-refractivity contribution in [1.82, 2.24) is 4.90 Å². The molecule has 5 nitrogen and oxygen atoms in total. The number of aliphatic hydroxyl groups is 1. The molecule has 2 atom stereocenters. The molecule has 1 rings (SSSR count). The number of hydrogen-bond donors (Lipinski definition) is 3. The summed E-state index contributed by atoms with van der Waals surface area (Å²) in [6.07, 6.45) is -0.962. The molecule has 0 radical (unpaired) electrons. The number of aliphatic hydroxyl groups excluding tert-OH is 1. The number of nitrogens with two attached hydrogens (primary N) is 1. The van der Waals surface area contributed by atoms with E-state index in [1.54, 1.807) is 0 Å². The lowest BCUT2D eigenvalue weighted by Gasteiger charge is -2.09. The van der Waals surface area contributed by atoms with Crippen molar-refractivity contribution in [3.63, 3.8) is 0 Å². The number of likely N-dealkylation sites (tertiary alicyclic amines) is 1. The highest BCUT2D eigenvalue weighted by molar-refractivity contribution is 5.65. The maximum Gasteiger partial charge on any atom is 0.407 e. The molecule has 4 N–H and O–H groups in total. The molecule has 0 saturated carbocycles. The minimum atomic E-state index is -0.962. The van der Waals surface area contributed by atoms with Crippen molar-refractivity contribution in [2.75, 3.05) is 19.7 Å². The lowest BCUT2D eigenvalue weighted by Crippen LogP contribution is -2.32. The third-order valence-corrected chi connectivity index (χ3v) is 2.00. The SMILES string of the molecule is N[C@@H]1CN(C(=O)O)CC1CO. The Hall–Kier alpha value is -0.810. The first-order valence-electron chi connectivity index (χ1n) is 3.49. The van der Waals surface area contributed by atoms with Gasteiger partial charge in [0.25, 0.3) is 0 Å². The van der Waals surface area contributed by atoms with Crippen LogP contribution in [0.1, 0.15) is 0 Å². The van der Waals surface area contributed by atoms with Gasteiger partial charge in [0.05, 0.1) is 0 Å². The van der Waals surface area contributed by atoms with Crippen LogP contribution < -0.4 is 5.73 Å². The zero-order valence-corrected chi connectivity index (χ0v) is 6.10. The van der Waals surface area contributed by atoms with Gasteiger partial charge in [-0.3, -0.25) is 0 Å². The van der Waals surface area contributed by atoms with Crippen LogP contribution in [0.4, 0.5) is 4.79 Å². The summed E-state index contributed by atoms with van der Waals surface area (Å²) < 4.78 is 0. The van der Waals surface area contributed by atoms with Gasteiger partial charge in [-0.25, -0.2) is 4.79 Å². The molecular formula is C6H12N2O3. The third-order valence-electron chi connectivity index (χ3n) is 2.00. The van der Waals surface area contributed by atoms with Crippen LogP contribution in [0.3, 0.4) is 0 Å². The van der Waals surface area contributed by atoms with Crippen molar-refractivity contribution in [3.05, 3.63) is 0 Å². The lowest BCUT2D eigenvalue weighted by molar-refractivity contribution is 0.150. The van der Waals surface area contributed by atoms with E-state index in [-0.39, 0.29) is 18.6 Å². The fourth-order valence-corrected chi connectivity index (χ4v) is 1.25. The van der Waals surface area contributed by atoms with Crippen LogP contribution in [-0.4, -0.2) is 46.9 Å². The highest BCUT2D eigenvalue weighted by Crippen LogP contribution is 2.14. The molecule has 1 fully saturated rings. The van der Waals surface area contributed by atoms with Crippen LogP contribution >= 0.6 is 0 Å². The number of nitrogens with zero attached hydrogens (tertiary/aromatic N) is 1. The quantitative estimate of drug-likeness (QED) is 0.455. The highest BCUT2D eigenvalue weighted by atomic mass is 16.4. The third kappa shape index (κ3) is 1.61. The van der Waals surface area contributed by atoms with Crippen molar-refractivity contribution < 1.29 is 15.0 Å². The van der Waals surface area contributed by atoms with Gasteiger partial charge in [-0.2, -0.15) is 0 Å². The molecule has 5 heteroatoms. The van der Waals surface area contributed by atoms with Crippen molar-refractivity contribution >= 4 is 6.09 Å². The second-order valence-electron chi connectivity index (χ2n) is 2.79. The Balaban J connectivity index is 2.49. The standard InChI is InChI=1S/C6H12N2O3/c7-5-2-8(6(10)11)1-4(5)3-9/h4-5,9H,1-3,7H2,(H,10,11)/t4?,5-/m1/s1. The van der Waals surface area contributed by atoms with Gasteiger partial charge in [0, 0.05) is 31.7 Å². The van der Waals surface area contributed by atoms with Gasteiger partial charge < -0.3 is 20.8 Å². The van der Waals surface area contributed by atoms with Crippen molar-refractivity contribution in [2.24, 2.45) is 11.7 Å². The zero-order valence-electron chi connectivity index (χ0n) is 6.10. The Bertz CT molecular complexity index is 162. The van der Waals surface area contributed by atoms with Gasteiger partial charge in [-0.05, 0) is 0 Å². The maximum atomic E-state index is 10.4. The molecule has 0 aliphatic carbocycles. The highest BCUT2D eigenvalue weighted by Gasteiger charge is 2.31. The summed E-state index contributed by atoms with van der Waals surface area (Å²) in [6.45, 7) is 0.651. The van der Waals surface area contributed by atoms with E-state index in [1.807, 2.05) is 0 Å². The first kappa shape index (κ1) is 8.29. The summed E-state index contributed by atoms with van der Waals surface area (Å²) in [5.41, 5.74) is 5.55. The summed E-state index contributed by atoms with van der Waals surface area (Å²) in [5.74, 6) is -0.0916. The Morgan fingerprint density at radius 3 is 2.55 bits per heavy atom. The number of hydrogen-bond acceptors (Lipinski definition) is 3. The van der Waals surface area contributed by atoms with Crippen molar-refractivity contribution in [2.45, 2.75) is 6.04 Å². The molecular weight excluding hydrogens is 148 g/mol. The summed E-state index contributed by atoms with van der Waals surface area (Å²) in [4.78, 5) is 11.6. The van der Waals surface area contributed by atoms with E-state index in [2.05, 4.69) is 0 Å². The summed E-state index contributed by atoms with van der Waals surface area (Å²) in [7, 11) is 0. The Labute approximate surface area is 64.4 Å². The Morgan fingerprint density at radius 2 is 2.27 bits per heavy atom. The number of rotatable bonds is 1. The molecule has 1 unspecified atom stereocenters. The van der Waals surface area contributed by atoms with Crippen LogP contribution in [0.25, 0.3) is 0 Å². The topological polar surface area (TPSA) is 86.8 Å². The number of carboxylic acid groups (broad SMARTS) is 1. The first-order chi connectivity index (χ1) is 5.15. The van der Waals surface area contributed by atoms with E-state index in [0.717, 1.165) is 0 Å². The molecule has 0 aromatic rings. The molecule has 1 heterocycles. The molecule has 1 aliphatic heterocycles. The monoisotopic (exact) mass is 160 g/mol. The predicted molar refractivity (Wildman–Crippen MR) is 38.1 cm³/mol. The average molecular weight is 160 g/mol. The normalized spacial score (nSPS) is 30.9. The number of amides is 1. The maximum absolute atomic E-state index is 10.4. The minimum absolute atomic E-state index is 0.0368. The van der Waals surface area contributed by atoms with E-state index >= 15 is 0 Å². The molecule has 64 valence electrons. The first-order valence-corrected chi connectivity index (χ1v) is 3.49. The van der Waals surface area contributed by atoms with E-state index in [9.17, 15) is 4.79 Å². The van der Waals surface area contributed by atoms with Crippen LogP contribution in [0, 0.1) is 5.92 Å². The van der Waals surface area contributed by atoms with Crippen molar-refractivity contribution in [1.29, 1.82) is 0 Å². The molecule has 0 bridgehead atoms. The van der Waals surface area contributed by atoms with Gasteiger partial charge in [-0.15, -0.1) is 0 Å². The van der Waals surface area contributed by atoms with E-state index in [1.165, 1.54) is 4.90 Å². The van der Waals surface area contributed by atoms with Gasteiger partial charge in [0.1, 0.15) is 0 Å². The smallest absolute Gasteiger partial charge is 0.407 e. The fraction of sp³-hybridized carbons (Fsp3) is 0.833. The van der Waals surface area contributed by atoms with Gasteiger partial charge in [0.15, 0.2) is 0 Å². The van der Waals surface area contributed by atoms with Gasteiger partial charge in [-0.1, -0.05) is 0 Å². The van der Waals surface area contributed by atoms with E-state index in [4.69, 9.17) is 15.9 Å². The molecule has 0 spiro atoms. The lowest BCUT2D eigenvalue weighted by atomic mass is 10.1. The van der Waals surface area contributed by atoms with E-state index < -0.39 is 6.09 Å². The van der Waals surface area contributed by atoms with Crippen LogP contribution in [0.2, 0.25) is 0 Å². The minimum Gasteiger partial charge on any atom is -0.465 e. The van der Waals surface area contributed by atoms with Crippen LogP contribution in [0.5, 0.6) is 0 Å². The van der Waals surface area contributed by atoms with E-state index in [0.29, 0.717) is 13.1 Å². The Morgan fingerprint density at radius 1 is 1.64 bits per heavy atom. The van der Waals surface area contributed by atoms with Crippen molar-refractivity contribution in [3.8, 4) is 0 Å². The van der Waals surface area contributed by atoms with Crippen LogP contribution in [0.15, 0.2) is 0 Å². The fourth-order valence-electron chi connectivity index (χ4n) is 1.25. The Kier molecular flexibility index (Phi) is 2.31. The molecule has 1 aliphatic rings. The summed E-state index contributed by atoms with van der Waals surface area (Å²) in [5, 5.41) is 17.3. The molecule has 0 aromatic heterocycles. The second-order valence-corrected chi connectivity index (χ2v) is 2.79. The predicted octanol–water partition coefficient (Wildman–Crippen LogP) is -1.08. The molecule has 0 aromatic carbocycles. The summed E-state index contributed by atoms with van der Waals surface area (Å²) in [6, 6.07) is -0.212. The van der Waals surface area contributed by atoms with Gasteiger partial charge in [0.2, 0.25) is 0 Å².